The predicted molar refractivity (Wildman–Crippen MR) is 95.7 cm³/mol. The zero-order valence-electron chi connectivity index (χ0n) is 14.2. The number of piperazine rings is 1. The van der Waals surface area contributed by atoms with E-state index < -0.39 is 5.97 Å². The van der Waals surface area contributed by atoms with Gasteiger partial charge in [-0.2, -0.15) is 0 Å². The Kier molecular flexibility index (Phi) is 5.18. The van der Waals surface area contributed by atoms with Gasteiger partial charge in [0, 0.05) is 57.4 Å². The number of carbonyl (C=O) groups is 1. The van der Waals surface area contributed by atoms with Crippen molar-refractivity contribution in [2.75, 3.05) is 39.3 Å². The molecule has 0 atom stereocenters. The standard InChI is InChI=1S/C18H26N4O2/c1-13-10-15(18(23)24)11-16-14(12-22(7-3-19)17(13)16)2-6-21-8-4-20-5-9-21/h10-12,20H,2-9,19H2,1H3,(H,23,24). The second kappa shape index (κ2) is 7.34. The Balaban J connectivity index is 1.94. The van der Waals surface area contributed by atoms with Gasteiger partial charge in [-0.3, -0.25) is 0 Å². The third kappa shape index (κ3) is 3.45. The molecule has 2 aromatic rings. The molecule has 1 aromatic heterocycles. The summed E-state index contributed by atoms with van der Waals surface area (Å²) in [5.41, 5.74) is 9.42. The van der Waals surface area contributed by atoms with Crippen molar-refractivity contribution >= 4 is 16.9 Å². The second-order valence-electron chi connectivity index (χ2n) is 6.47. The van der Waals surface area contributed by atoms with Gasteiger partial charge in [-0.15, -0.1) is 0 Å². The maximum Gasteiger partial charge on any atom is 0.335 e. The van der Waals surface area contributed by atoms with Crippen molar-refractivity contribution in [2.24, 2.45) is 5.73 Å². The van der Waals surface area contributed by atoms with Gasteiger partial charge < -0.3 is 25.6 Å². The van der Waals surface area contributed by atoms with Gasteiger partial charge in [-0.1, -0.05) is 0 Å². The molecule has 6 nitrogen and oxygen atoms in total. The van der Waals surface area contributed by atoms with Crippen LogP contribution in [0, 0.1) is 6.92 Å². The summed E-state index contributed by atoms with van der Waals surface area (Å²) >= 11 is 0. The summed E-state index contributed by atoms with van der Waals surface area (Å²) in [5, 5.41) is 13.8. The fourth-order valence-corrected chi connectivity index (χ4v) is 3.58. The zero-order valence-corrected chi connectivity index (χ0v) is 14.2. The average molecular weight is 330 g/mol. The highest BCUT2D eigenvalue weighted by atomic mass is 16.4. The first kappa shape index (κ1) is 17.0. The van der Waals surface area contributed by atoms with E-state index >= 15 is 0 Å². The Morgan fingerprint density at radius 1 is 1.29 bits per heavy atom. The van der Waals surface area contributed by atoms with Crippen LogP contribution in [0.4, 0.5) is 0 Å². The highest BCUT2D eigenvalue weighted by Gasteiger charge is 2.16. The van der Waals surface area contributed by atoms with E-state index in [1.54, 1.807) is 6.07 Å². The largest absolute Gasteiger partial charge is 0.478 e. The molecule has 130 valence electrons. The zero-order chi connectivity index (χ0) is 17.1. The Labute approximate surface area is 142 Å². The lowest BCUT2D eigenvalue weighted by Gasteiger charge is -2.26. The summed E-state index contributed by atoms with van der Waals surface area (Å²) in [5.74, 6) is -0.875. The van der Waals surface area contributed by atoms with Crippen LogP contribution in [0.2, 0.25) is 0 Å². The molecule has 24 heavy (non-hydrogen) atoms. The highest BCUT2D eigenvalue weighted by Crippen LogP contribution is 2.27. The number of benzene rings is 1. The third-order valence-corrected chi connectivity index (χ3v) is 4.77. The number of aromatic nitrogens is 1. The molecular formula is C18H26N4O2. The molecule has 6 heteroatoms. The first-order chi connectivity index (χ1) is 11.6. The van der Waals surface area contributed by atoms with Gasteiger partial charge in [0.2, 0.25) is 0 Å². The number of aromatic carboxylic acids is 1. The van der Waals surface area contributed by atoms with Crippen LogP contribution >= 0.6 is 0 Å². The first-order valence-corrected chi connectivity index (χ1v) is 8.59. The number of hydrogen-bond acceptors (Lipinski definition) is 4. The summed E-state index contributed by atoms with van der Waals surface area (Å²) in [6, 6.07) is 3.56. The molecular weight excluding hydrogens is 304 g/mol. The topological polar surface area (TPSA) is 83.5 Å². The molecule has 0 spiro atoms. The summed E-state index contributed by atoms with van der Waals surface area (Å²) in [6.07, 6.45) is 3.08. The number of rotatable bonds is 6. The molecule has 1 aliphatic heterocycles. The van der Waals surface area contributed by atoms with Gasteiger partial charge in [0.15, 0.2) is 0 Å². The van der Waals surface area contributed by atoms with Crippen LogP contribution in [0.5, 0.6) is 0 Å². The van der Waals surface area contributed by atoms with Crippen LogP contribution in [0.25, 0.3) is 10.9 Å². The molecule has 2 heterocycles. The molecule has 1 fully saturated rings. The van der Waals surface area contributed by atoms with E-state index in [4.69, 9.17) is 5.73 Å². The van der Waals surface area contributed by atoms with E-state index in [9.17, 15) is 9.90 Å². The Bertz CT molecular complexity index is 732. The number of aryl methyl sites for hydroxylation is 1. The number of fused-ring (bicyclic) bond motifs is 1. The van der Waals surface area contributed by atoms with Gasteiger partial charge in [0.25, 0.3) is 0 Å². The van der Waals surface area contributed by atoms with Crippen LogP contribution in [-0.4, -0.2) is 59.8 Å². The second-order valence-corrected chi connectivity index (χ2v) is 6.47. The fraction of sp³-hybridized carbons (Fsp3) is 0.500. The lowest BCUT2D eigenvalue weighted by Crippen LogP contribution is -2.44. The van der Waals surface area contributed by atoms with E-state index in [1.165, 1.54) is 5.56 Å². The first-order valence-electron chi connectivity index (χ1n) is 8.59. The monoisotopic (exact) mass is 330 g/mol. The molecule has 1 aliphatic rings. The van der Waals surface area contributed by atoms with Crippen molar-refractivity contribution in [3.8, 4) is 0 Å². The fourth-order valence-electron chi connectivity index (χ4n) is 3.58. The number of nitrogens with one attached hydrogen (secondary N) is 1. The Morgan fingerprint density at radius 2 is 2.04 bits per heavy atom. The molecule has 0 amide bonds. The maximum absolute atomic E-state index is 11.4. The Hall–Kier alpha value is -1.89. The molecule has 4 N–H and O–H groups in total. The van der Waals surface area contributed by atoms with E-state index in [0.717, 1.165) is 62.2 Å². The smallest absolute Gasteiger partial charge is 0.335 e. The minimum Gasteiger partial charge on any atom is -0.478 e. The number of carboxylic acid groups (broad SMARTS) is 1. The highest BCUT2D eigenvalue weighted by molar-refractivity contribution is 5.96. The molecule has 1 aromatic carbocycles. The van der Waals surface area contributed by atoms with Gasteiger partial charge >= 0.3 is 5.97 Å². The number of carboxylic acids is 1. The molecule has 0 aliphatic carbocycles. The van der Waals surface area contributed by atoms with E-state index in [2.05, 4.69) is 21.0 Å². The number of nitrogens with zero attached hydrogens (tertiary/aromatic N) is 2. The summed E-state index contributed by atoms with van der Waals surface area (Å²) in [7, 11) is 0. The van der Waals surface area contributed by atoms with E-state index in [0.29, 0.717) is 12.1 Å². The summed E-state index contributed by atoms with van der Waals surface area (Å²) in [6.45, 7) is 8.51. The minimum atomic E-state index is -0.875. The Morgan fingerprint density at radius 3 is 2.71 bits per heavy atom. The SMILES string of the molecule is Cc1cc(C(=O)O)cc2c(CCN3CCNCC3)cn(CCN)c12. The molecule has 0 bridgehead atoms. The van der Waals surface area contributed by atoms with Crippen molar-refractivity contribution in [2.45, 2.75) is 19.9 Å². The molecule has 0 radical (unpaired) electrons. The summed E-state index contributed by atoms with van der Waals surface area (Å²) in [4.78, 5) is 13.9. The lowest BCUT2D eigenvalue weighted by atomic mass is 10.0. The average Bonchev–Trinajstić information content (AvgIpc) is 2.92. The van der Waals surface area contributed by atoms with Crippen LogP contribution in [0.15, 0.2) is 18.3 Å². The normalized spacial score (nSPS) is 15.9. The van der Waals surface area contributed by atoms with Crippen LogP contribution in [0.3, 0.4) is 0 Å². The number of hydrogen-bond donors (Lipinski definition) is 3. The van der Waals surface area contributed by atoms with E-state index in [-0.39, 0.29) is 0 Å². The van der Waals surface area contributed by atoms with Crippen molar-refractivity contribution in [3.05, 3.63) is 35.0 Å². The van der Waals surface area contributed by atoms with Gasteiger partial charge in [-0.05, 0) is 36.6 Å². The van der Waals surface area contributed by atoms with E-state index in [1.807, 2.05) is 13.0 Å². The van der Waals surface area contributed by atoms with Crippen molar-refractivity contribution in [3.63, 3.8) is 0 Å². The number of nitrogens with two attached hydrogens (primary N) is 1. The lowest BCUT2D eigenvalue weighted by molar-refractivity contribution is 0.0697. The van der Waals surface area contributed by atoms with Crippen molar-refractivity contribution in [1.82, 2.24) is 14.8 Å². The van der Waals surface area contributed by atoms with Crippen molar-refractivity contribution in [1.29, 1.82) is 0 Å². The molecule has 0 saturated carbocycles. The van der Waals surface area contributed by atoms with Gasteiger partial charge in [0.05, 0.1) is 11.1 Å². The van der Waals surface area contributed by atoms with Crippen LogP contribution < -0.4 is 11.1 Å². The maximum atomic E-state index is 11.4. The van der Waals surface area contributed by atoms with Gasteiger partial charge in [-0.25, -0.2) is 4.79 Å². The van der Waals surface area contributed by atoms with Crippen LogP contribution in [0.1, 0.15) is 21.5 Å². The molecule has 0 unspecified atom stereocenters. The minimum absolute atomic E-state index is 0.355. The van der Waals surface area contributed by atoms with Crippen LogP contribution in [-0.2, 0) is 13.0 Å². The molecule has 3 rings (SSSR count). The molecule has 1 saturated heterocycles. The summed E-state index contributed by atoms with van der Waals surface area (Å²) < 4.78 is 2.17. The van der Waals surface area contributed by atoms with Gasteiger partial charge in [0.1, 0.15) is 0 Å². The van der Waals surface area contributed by atoms with Crippen molar-refractivity contribution < 1.29 is 9.90 Å². The quantitative estimate of drug-likeness (QED) is 0.737. The third-order valence-electron chi connectivity index (χ3n) is 4.77. The predicted octanol–water partition coefficient (Wildman–Crippen LogP) is 1.05.